The minimum atomic E-state index is -0.130. The third-order valence-corrected chi connectivity index (χ3v) is 4.54. The number of nitrogens with two attached hydrogens (primary N) is 1. The number of carbonyl (C=O) groups is 1. The van der Waals surface area contributed by atoms with Crippen LogP contribution in [0.1, 0.15) is 22.2 Å². The highest BCUT2D eigenvalue weighted by Gasteiger charge is 2.19. The molecule has 0 unspecified atom stereocenters. The Morgan fingerprint density at radius 1 is 1.30 bits per heavy atom. The number of rotatable bonds is 4. The quantitative estimate of drug-likeness (QED) is 0.850. The van der Waals surface area contributed by atoms with E-state index in [9.17, 15) is 4.79 Å². The maximum Gasteiger partial charge on any atom is 0.255 e. The summed E-state index contributed by atoms with van der Waals surface area (Å²) in [5.41, 5.74) is 6.57. The molecular formula is C14H14Cl2N2OS. The van der Waals surface area contributed by atoms with Gasteiger partial charge in [0.2, 0.25) is 0 Å². The molecule has 2 rings (SSSR count). The first-order valence-corrected chi connectivity index (χ1v) is 7.67. The molecule has 0 saturated carbocycles. The molecule has 1 aromatic carbocycles. The maximum atomic E-state index is 12.5. The largest absolute Gasteiger partial charge is 0.398 e. The number of amides is 1. The molecule has 0 saturated heterocycles. The van der Waals surface area contributed by atoms with Crippen LogP contribution in [0.2, 0.25) is 9.36 Å². The van der Waals surface area contributed by atoms with Crippen molar-refractivity contribution in [3.8, 4) is 0 Å². The molecule has 0 aliphatic heterocycles. The third-order valence-electron chi connectivity index (χ3n) is 2.90. The van der Waals surface area contributed by atoms with Crippen LogP contribution < -0.4 is 5.73 Å². The Bertz CT molecular complexity index is 627. The fraction of sp³-hybridized carbons (Fsp3) is 0.214. The van der Waals surface area contributed by atoms with Gasteiger partial charge in [0.15, 0.2) is 0 Å². The monoisotopic (exact) mass is 328 g/mol. The highest BCUT2D eigenvalue weighted by Crippen LogP contribution is 2.26. The molecule has 6 heteroatoms. The Hall–Kier alpha value is -1.23. The fourth-order valence-electron chi connectivity index (χ4n) is 1.84. The van der Waals surface area contributed by atoms with Crippen LogP contribution in [0, 0.1) is 0 Å². The van der Waals surface area contributed by atoms with Crippen LogP contribution in [0.3, 0.4) is 0 Å². The van der Waals surface area contributed by atoms with Crippen LogP contribution in [0.4, 0.5) is 5.69 Å². The molecular weight excluding hydrogens is 315 g/mol. The molecule has 0 atom stereocenters. The Morgan fingerprint density at radius 2 is 2.05 bits per heavy atom. The molecule has 1 heterocycles. The summed E-state index contributed by atoms with van der Waals surface area (Å²) in [4.78, 5) is 15.3. The molecule has 0 aliphatic carbocycles. The highest BCUT2D eigenvalue weighted by molar-refractivity contribution is 7.16. The molecule has 0 radical (unpaired) electrons. The summed E-state index contributed by atoms with van der Waals surface area (Å²) in [6.45, 7) is 3.02. The Morgan fingerprint density at radius 3 is 2.65 bits per heavy atom. The summed E-state index contributed by atoms with van der Waals surface area (Å²) < 4.78 is 0.713. The molecule has 3 nitrogen and oxygen atoms in total. The van der Waals surface area contributed by atoms with Gasteiger partial charge < -0.3 is 10.6 Å². The predicted molar refractivity (Wildman–Crippen MR) is 85.6 cm³/mol. The summed E-state index contributed by atoms with van der Waals surface area (Å²) in [6.07, 6.45) is 0. The molecule has 106 valence electrons. The lowest BCUT2D eigenvalue weighted by molar-refractivity contribution is 0.0754. The zero-order chi connectivity index (χ0) is 14.7. The Balaban J connectivity index is 2.23. The standard InChI is InChI=1S/C14H14Cl2N2OS/c1-2-18(8-9-6-7-12(15)20-9)14(19)10-4-3-5-11(17)13(10)16/h3-7H,2,8,17H2,1H3. The number of nitrogens with zero attached hydrogens (tertiary/aromatic N) is 1. The maximum absolute atomic E-state index is 12.5. The number of thiophene rings is 1. The second kappa shape index (κ2) is 6.48. The fourth-order valence-corrected chi connectivity index (χ4v) is 3.15. The van der Waals surface area contributed by atoms with E-state index in [4.69, 9.17) is 28.9 Å². The molecule has 0 fully saturated rings. The summed E-state index contributed by atoms with van der Waals surface area (Å²) in [5, 5.41) is 0.306. The van der Waals surface area contributed by atoms with Gasteiger partial charge in [-0.15, -0.1) is 11.3 Å². The van der Waals surface area contributed by atoms with Crippen LogP contribution in [0.5, 0.6) is 0 Å². The third kappa shape index (κ3) is 3.26. The lowest BCUT2D eigenvalue weighted by Crippen LogP contribution is -2.30. The molecule has 1 aromatic heterocycles. The number of benzene rings is 1. The van der Waals surface area contributed by atoms with E-state index in [0.717, 1.165) is 4.88 Å². The van der Waals surface area contributed by atoms with Crippen molar-refractivity contribution in [2.45, 2.75) is 13.5 Å². The lowest BCUT2D eigenvalue weighted by Gasteiger charge is -2.21. The van der Waals surface area contributed by atoms with E-state index in [1.165, 1.54) is 11.3 Å². The normalized spacial score (nSPS) is 10.6. The SMILES string of the molecule is CCN(Cc1ccc(Cl)s1)C(=O)c1cccc(N)c1Cl. The van der Waals surface area contributed by atoms with Gasteiger partial charge in [0, 0.05) is 11.4 Å². The Kier molecular flexibility index (Phi) is 4.91. The first-order valence-electron chi connectivity index (χ1n) is 6.10. The van der Waals surface area contributed by atoms with Crippen molar-refractivity contribution < 1.29 is 4.79 Å². The van der Waals surface area contributed by atoms with Gasteiger partial charge in [0.1, 0.15) is 0 Å². The number of carbonyl (C=O) groups excluding carboxylic acids is 1. The number of hydrogen-bond donors (Lipinski definition) is 1. The van der Waals surface area contributed by atoms with Gasteiger partial charge >= 0.3 is 0 Å². The van der Waals surface area contributed by atoms with E-state index in [-0.39, 0.29) is 5.91 Å². The Labute approximate surface area is 131 Å². The van der Waals surface area contributed by atoms with E-state index in [1.807, 2.05) is 19.1 Å². The number of halogens is 2. The average Bonchev–Trinajstić information content (AvgIpc) is 2.84. The zero-order valence-corrected chi connectivity index (χ0v) is 13.2. The van der Waals surface area contributed by atoms with Crippen molar-refractivity contribution in [1.82, 2.24) is 4.90 Å². The highest BCUT2D eigenvalue weighted by atomic mass is 35.5. The molecule has 2 N–H and O–H groups in total. The van der Waals surface area contributed by atoms with Crippen LogP contribution in [0.25, 0.3) is 0 Å². The van der Waals surface area contributed by atoms with Crippen molar-refractivity contribution in [3.05, 3.63) is 50.1 Å². The van der Waals surface area contributed by atoms with Crippen molar-refractivity contribution in [3.63, 3.8) is 0 Å². The van der Waals surface area contributed by atoms with Gasteiger partial charge in [-0.05, 0) is 31.2 Å². The van der Waals surface area contributed by atoms with Gasteiger partial charge in [-0.3, -0.25) is 4.79 Å². The lowest BCUT2D eigenvalue weighted by atomic mass is 10.1. The van der Waals surface area contributed by atoms with Crippen molar-refractivity contribution in [2.24, 2.45) is 0 Å². The summed E-state index contributed by atoms with van der Waals surface area (Å²) in [6, 6.07) is 8.83. The van der Waals surface area contributed by atoms with Crippen molar-refractivity contribution in [1.29, 1.82) is 0 Å². The van der Waals surface area contributed by atoms with Gasteiger partial charge in [-0.25, -0.2) is 0 Å². The molecule has 1 amide bonds. The molecule has 0 bridgehead atoms. The summed E-state index contributed by atoms with van der Waals surface area (Å²) in [5.74, 6) is -0.130. The molecule has 0 aliphatic rings. The molecule has 2 aromatic rings. The number of hydrogen-bond acceptors (Lipinski definition) is 3. The van der Waals surface area contributed by atoms with Gasteiger partial charge in [-0.1, -0.05) is 29.3 Å². The van der Waals surface area contributed by atoms with Gasteiger partial charge in [0.25, 0.3) is 5.91 Å². The topological polar surface area (TPSA) is 46.3 Å². The number of anilines is 1. The molecule has 20 heavy (non-hydrogen) atoms. The first kappa shape index (κ1) is 15.2. The van der Waals surface area contributed by atoms with Crippen molar-refractivity contribution in [2.75, 3.05) is 12.3 Å². The van der Waals surface area contributed by atoms with Crippen molar-refractivity contribution >= 4 is 46.1 Å². The van der Waals surface area contributed by atoms with Crippen LogP contribution in [-0.4, -0.2) is 17.4 Å². The van der Waals surface area contributed by atoms with E-state index in [2.05, 4.69) is 0 Å². The molecule has 0 spiro atoms. The average molecular weight is 329 g/mol. The second-order valence-corrected chi connectivity index (χ2v) is 6.41. The van der Waals surface area contributed by atoms with E-state index in [1.54, 1.807) is 23.1 Å². The second-order valence-electron chi connectivity index (χ2n) is 4.23. The smallest absolute Gasteiger partial charge is 0.255 e. The van der Waals surface area contributed by atoms with E-state index < -0.39 is 0 Å². The first-order chi connectivity index (χ1) is 9.52. The van der Waals surface area contributed by atoms with E-state index >= 15 is 0 Å². The zero-order valence-electron chi connectivity index (χ0n) is 10.9. The van der Waals surface area contributed by atoms with E-state index in [0.29, 0.717) is 33.7 Å². The van der Waals surface area contributed by atoms with Gasteiger partial charge in [-0.2, -0.15) is 0 Å². The van der Waals surface area contributed by atoms with Gasteiger partial charge in [0.05, 0.1) is 27.2 Å². The minimum absolute atomic E-state index is 0.130. The summed E-state index contributed by atoms with van der Waals surface area (Å²) >= 11 is 13.5. The predicted octanol–water partition coefficient (Wildman–Crippen LogP) is 4.30. The number of nitrogen functional groups attached to an aromatic ring is 1. The minimum Gasteiger partial charge on any atom is -0.398 e. The van der Waals surface area contributed by atoms with Crippen LogP contribution in [0.15, 0.2) is 30.3 Å². The summed E-state index contributed by atoms with van der Waals surface area (Å²) in [7, 11) is 0. The van der Waals surface area contributed by atoms with Crippen LogP contribution in [-0.2, 0) is 6.54 Å². The van der Waals surface area contributed by atoms with Crippen LogP contribution >= 0.6 is 34.5 Å².